The molecule has 0 radical (unpaired) electrons. The zero-order valence-electron chi connectivity index (χ0n) is 4.83. The molecule has 4 N–H and O–H groups in total. The summed E-state index contributed by atoms with van der Waals surface area (Å²) in [6, 6.07) is 0. The molecule has 1 rings (SSSR count). The van der Waals surface area contributed by atoms with Crippen molar-refractivity contribution < 1.29 is 9.59 Å². The summed E-state index contributed by atoms with van der Waals surface area (Å²) in [6.07, 6.45) is 0.546. The highest BCUT2D eigenvalue weighted by Gasteiger charge is 2.45. The molecule has 0 bridgehead atoms. The molecule has 4 heteroatoms. The van der Waals surface area contributed by atoms with Crippen LogP contribution in [0.5, 0.6) is 0 Å². The van der Waals surface area contributed by atoms with E-state index in [-0.39, 0.29) is 11.8 Å². The maximum absolute atomic E-state index is 10.3. The molecule has 0 aliphatic heterocycles. The van der Waals surface area contributed by atoms with E-state index in [1.54, 1.807) is 0 Å². The first-order valence-corrected chi connectivity index (χ1v) is 2.71. The van der Waals surface area contributed by atoms with Crippen LogP contribution in [-0.2, 0) is 9.59 Å². The molecule has 0 spiro atoms. The zero-order valence-corrected chi connectivity index (χ0v) is 4.83. The summed E-state index contributed by atoms with van der Waals surface area (Å²) in [5.41, 5.74) is 9.76. The molecule has 50 valence electrons. The smallest absolute Gasteiger partial charge is 0.221 e. The van der Waals surface area contributed by atoms with Crippen molar-refractivity contribution in [1.29, 1.82) is 0 Å². The van der Waals surface area contributed by atoms with E-state index in [0.717, 1.165) is 0 Å². The quantitative estimate of drug-likeness (QED) is 0.478. The number of hydrogen-bond acceptors (Lipinski definition) is 2. The summed E-state index contributed by atoms with van der Waals surface area (Å²) in [7, 11) is 0. The fourth-order valence-electron chi connectivity index (χ4n) is 0.824. The minimum atomic E-state index is -0.418. The SMILES string of the molecule is NC(=O)[C@H]1C[C@H]1C(N)=O. The predicted octanol–water partition coefficient (Wildman–Crippen LogP) is -1.41. The van der Waals surface area contributed by atoms with Crippen LogP contribution in [0.25, 0.3) is 0 Å². The van der Waals surface area contributed by atoms with Crippen molar-refractivity contribution in [2.75, 3.05) is 0 Å². The topological polar surface area (TPSA) is 86.2 Å². The molecule has 1 saturated carbocycles. The van der Waals surface area contributed by atoms with E-state index in [9.17, 15) is 9.59 Å². The molecule has 0 saturated heterocycles. The van der Waals surface area contributed by atoms with Crippen LogP contribution in [0.1, 0.15) is 6.42 Å². The number of primary amides is 2. The summed E-state index contributed by atoms with van der Waals surface area (Å²) >= 11 is 0. The molecule has 0 aromatic rings. The lowest BCUT2D eigenvalue weighted by Crippen LogP contribution is -2.20. The Balaban J connectivity index is 2.42. The number of carbonyl (C=O) groups is 2. The van der Waals surface area contributed by atoms with E-state index in [4.69, 9.17) is 11.5 Å². The van der Waals surface area contributed by atoms with E-state index in [1.807, 2.05) is 0 Å². The molecule has 4 nitrogen and oxygen atoms in total. The van der Waals surface area contributed by atoms with Crippen molar-refractivity contribution in [1.82, 2.24) is 0 Å². The molecule has 0 unspecified atom stereocenters. The van der Waals surface area contributed by atoms with Crippen LogP contribution in [0.2, 0.25) is 0 Å². The molecule has 2 atom stereocenters. The van der Waals surface area contributed by atoms with Gasteiger partial charge in [0.05, 0.1) is 11.8 Å². The molecule has 0 aromatic carbocycles. The van der Waals surface area contributed by atoms with Crippen molar-refractivity contribution >= 4 is 11.8 Å². The average molecular weight is 128 g/mol. The first kappa shape index (κ1) is 6.07. The van der Waals surface area contributed by atoms with Gasteiger partial charge in [0.1, 0.15) is 0 Å². The maximum Gasteiger partial charge on any atom is 0.221 e. The number of rotatable bonds is 2. The Morgan fingerprint density at radius 3 is 1.56 bits per heavy atom. The van der Waals surface area contributed by atoms with Gasteiger partial charge in [0.15, 0.2) is 0 Å². The minimum Gasteiger partial charge on any atom is -0.369 e. The lowest BCUT2D eigenvalue weighted by Gasteiger charge is -1.86. The van der Waals surface area contributed by atoms with Crippen molar-refractivity contribution in [3.8, 4) is 0 Å². The van der Waals surface area contributed by atoms with Gasteiger partial charge >= 0.3 is 0 Å². The molecule has 1 fully saturated rings. The molecule has 9 heavy (non-hydrogen) atoms. The lowest BCUT2D eigenvalue weighted by atomic mass is 10.3. The highest BCUT2D eigenvalue weighted by atomic mass is 16.2. The Kier molecular flexibility index (Phi) is 1.16. The van der Waals surface area contributed by atoms with Crippen molar-refractivity contribution in [2.24, 2.45) is 23.3 Å². The summed E-state index contributed by atoms with van der Waals surface area (Å²) in [4.78, 5) is 20.6. The Morgan fingerprint density at radius 2 is 1.44 bits per heavy atom. The zero-order chi connectivity index (χ0) is 7.02. The van der Waals surface area contributed by atoms with Crippen LogP contribution < -0.4 is 11.5 Å². The molecule has 0 heterocycles. The van der Waals surface area contributed by atoms with Gasteiger partial charge < -0.3 is 11.5 Å². The van der Waals surface area contributed by atoms with Gasteiger partial charge in [-0.1, -0.05) is 0 Å². The monoisotopic (exact) mass is 128 g/mol. The number of hydrogen-bond donors (Lipinski definition) is 2. The highest BCUT2D eigenvalue weighted by molar-refractivity contribution is 5.90. The number of carbonyl (C=O) groups excluding carboxylic acids is 2. The second-order valence-corrected chi connectivity index (χ2v) is 2.25. The summed E-state index contributed by atoms with van der Waals surface area (Å²) in [5, 5.41) is 0. The van der Waals surface area contributed by atoms with Gasteiger partial charge in [-0.2, -0.15) is 0 Å². The van der Waals surface area contributed by atoms with Crippen LogP contribution in [-0.4, -0.2) is 11.8 Å². The largest absolute Gasteiger partial charge is 0.369 e. The Morgan fingerprint density at radius 1 is 1.11 bits per heavy atom. The van der Waals surface area contributed by atoms with E-state index >= 15 is 0 Å². The average Bonchev–Trinajstić information content (AvgIpc) is 2.39. The van der Waals surface area contributed by atoms with Gasteiger partial charge in [0.25, 0.3) is 0 Å². The first-order valence-electron chi connectivity index (χ1n) is 2.71. The van der Waals surface area contributed by atoms with Crippen molar-refractivity contribution in [2.45, 2.75) is 6.42 Å². The molecule has 0 aromatic heterocycles. The van der Waals surface area contributed by atoms with Crippen LogP contribution in [0.4, 0.5) is 0 Å². The second-order valence-electron chi connectivity index (χ2n) is 2.25. The third kappa shape index (κ3) is 1.01. The normalized spacial score (nSPS) is 31.6. The summed E-state index contributed by atoms with van der Waals surface area (Å²) in [6.45, 7) is 0. The van der Waals surface area contributed by atoms with E-state index in [1.165, 1.54) is 0 Å². The molecular formula is C5H8N2O2. The Bertz CT molecular complexity index is 148. The number of amides is 2. The second kappa shape index (κ2) is 1.72. The van der Waals surface area contributed by atoms with Crippen LogP contribution >= 0.6 is 0 Å². The standard InChI is InChI=1S/C5H8N2O2/c6-4(8)2-1-3(2)5(7)9/h2-3H,1H2,(H2,6,8)(H2,7,9)/t2-,3+. The highest BCUT2D eigenvalue weighted by Crippen LogP contribution is 2.37. The number of nitrogens with two attached hydrogens (primary N) is 2. The minimum absolute atomic E-state index is 0.275. The van der Waals surface area contributed by atoms with Gasteiger partial charge in [-0.3, -0.25) is 9.59 Å². The maximum atomic E-state index is 10.3. The van der Waals surface area contributed by atoms with Crippen molar-refractivity contribution in [3.05, 3.63) is 0 Å². The third-order valence-electron chi connectivity index (χ3n) is 1.52. The van der Waals surface area contributed by atoms with Gasteiger partial charge in [-0.15, -0.1) is 0 Å². The fourth-order valence-corrected chi connectivity index (χ4v) is 0.824. The molecule has 1 aliphatic rings. The van der Waals surface area contributed by atoms with E-state index in [2.05, 4.69) is 0 Å². The van der Waals surface area contributed by atoms with E-state index < -0.39 is 11.8 Å². The predicted molar refractivity (Wildman–Crippen MR) is 30.0 cm³/mol. The van der Waals surface area contributed by atoms with E-state index in [0.29, 0.717) is 6.42 Å². The molecule has 1 aliphatic carbocycles. The Hall–Kier alpha value is -1.06. The Labute approximate surface area is 52.2 Å². The van der Waals surface area contributed by atoms with Gasteiger partial charge in [-0.25, -0.2) is 0 Å². The lowest BCUT2D eigenvalue weighted by molar-refractivity contribution is -0.124. The summed E-state index contributed by atoms with van der Waals surface area (Å²) in [5.74, 6) is -1.39. The van der Waals surface area contributed by atoms with Crippen LogP contribution in [0.15, 0.2) is 0 Å². The van der Waals surface area contributed by atoms with Gasteiger partial charge in [-0.05, 0) is 6.42 Å². The van der Waals surface area contributed by atoms with Crippen LogP contribution in [0, 0.1) is 11.8 Å². The van der Waals surface area contributed by atoms with Gasteiger partial charge in [0.2, 0.25) is 11.8 Å². The molecule has 2 amide bonds. The van der Waals surface area contributed by atoms with Crippen molar-refractivity contribution in [3.63, 3.8) is 0 Å². The first-order chi connectivity index (χ1) is 4.13. The molecular weight excluding hydrogens is 120 g/mol. The third-order valence-corrected chi connectivity index (χ3v) is 1.52. The fraction of sp³-hybridized carbons (Fsp3) is 0.600. The summed E-state index contributed by atoms with van der Waals surface area (Å²) < 4.78 is 0. The van der Waals surface area contributed by atoms with Crippen LogP contribution in [0.3, 0.4) is 0 Å². The van der Waals surface area contributed by atoms with Gasteiger partial charge in [0, 0.05) is 0 Å².